The number of hydrogen-bond donors (Lipinski definition) is 1. The van der Waals surface area contributed by atoms with Crippen molar-refractivity contribution in [2.75, 3.05) is 29.9 Å². The van der Waals surface area contributed by atoms with Crippen LogP contribution in [0.4, 0.5) is 15.3 Å². The number of anilines is 2. The first-order valence-corrected chi connectivity index (χ1v) is 11.7. The number of pyridine rings is 1. The van der Waals surface area contributed by atoms with Crippen molar-refractivity contribution in [2.24, 2.45) is 11.8 Å². The summed E-state index contributed by atoms with van der Waals surface area (Å²) in [5, 5.41) is 4.53. The maximum absolute atomic E-state index is 13.5. The van der Waals surface area contributed by atoms with Gasteiger partial charge in [-0.15, -0.1) is 0 Å². The van der Waals surface area contributed by atoms with Crippen molar-refractivity contribution in [1.29, 1.82) is 0 Å². The van der Waals surface area contributed by atoms with Crippen LogP contribution in [0.5, 0.6) is 0 Å². The number of nitrogens with one attached hydrogen (secondary N) is 1. The van der Waals surface area contributed by atoms with E-state index >= 15 is 0 Å². The molecule has 2 aromatic heterocycles. The van der Waals surface area contributed by atoms with Gasteiger partial charge in [-0.2, -0.15) is 0 Å². The molecule has 156 valence electrons. The molecule has 0 radical (unpaired) electrons. The molecule has 1 N–H and O–H groups in total. The van der Waals surface area contributed by atoms with E-state index in [0.29, 0.717) is 0 Å². The van der Waals surface area contributed by atoms with E-state index in [1.807, 2.05) is 24.4 Å². The zero-order chi connectivity index (χ0) is 20.5. The summed E-state index contributed by atoms with van der Waals surface area (Å²) in [6.45, 7) is 5.39. The minimum atomic E-state index is -0.226. The van der Waals surface area contributed by atoms with E-state index in [0.717, 1.165) is 64.1 Å². The molecule has 0 atom stereocenters. The lowest BCUT2D eigenvalue weighted by molar-refractivity contribution is 0.438. The SMILES string of the molecule is CC1CCN(c2nc(-c3ccc(F)cc3)c(-c3ccnc(NCC4CC4)c3)s2)CC1. The number of halogens is 1. The van der Waals surface area contributed by atoms with Crippen molar-refractivity contribution in [3.63, 3.8) is 0 Å². The van der Waals surface area contributed by atoms with Gasteiger partial charge in [0.05, 0.1) is 10.6 Å². The topological polar surface area (TPSA) is 41.1 Å². The highest BCUT2D eigenvalue weighted by Crippen LogP contribution is 2.41. The number of piperidine rings is 1. The Hall–Kier alpha value is -2.47. The molecule has 2 fully saturated rings. The molecule has 1 saturated carbocycles. The van der Waals surface area contributed by atoms with Crippen molar-refractivity contribution < 1.29 is 4.39 Å². The summed E-state index contributed by atoms with van der Waals surface area (Å²) in [4.78, 5) is 13.0. The maximum Gasteiger partial charge on any atom is 0.186 e. The lowest BCUT2D eigenvalue weighted by Gasteiger charge is -2.29. The van der Waals surface area contributed by atoms with Gasteiger partial charge in [0.2, 0.25) is 0 Å². The van der Waals surface area contributed by atoms with Crippen molar-refractivity contribution in [3.05, 3.63) is 48.4 Å². The molecule has 1 saturated heterocycles. The molecule has 1 aliphatic heterocycles. The largest absolute Gasteiger partial charge is 0.370 e. The third-order valence-corrected chi connectivity index (χ3v) is 7.24. The molecule has 6 heteroatoms. The Morgan fingerprint density at radius 1 is 1.07 bits per heavy atom. The smallest absolute Gasteiger partial charge is 0.186 e. The summed E-state index contributed by atoms with van der Waals surface area (Å²) in [5.41, 5.74) is 2.98. The molecule has 0 unspecified atom stereocenters. The molecule has 2 aliphatic rings. The molecule has 5 rings (SSSR count). The van der Waals surface area contributed by atoms with Crippen LogP contribution in [0.15, 0.2) is 42.6 Å². The second-order valence-corrected chi connectivity index (χ2v) is 9.58. The van der Waals surface area contributed by atoms with E-state index in [1.165, 1.54) is 37.8 Å². The Morgan fingerprint density at radius 3 is 2.57 bits per heavy atom. The number of hydrogen-bond acceptors (Lipinski definition) is 5. The van der Waals surface area contributed by atoms with Crippen LogP contribution in [-0.4, -0.2) is 29.6 Å². The van der Waals surface area contributed by atoms with E-state index < -0.39 is 0 Å². The van der Waals surface area contributed by atoms with Crippen LogP contribution in [0, 0.1) is 17.7 Å². The van der Waals surface area contributed by atoms with Gasteiger partial charge in [0.15, 0.2) is 5.13 Å². The zero-order valence-electron chi connectivity index (χ0n) is 17.3. The molecule has 0 amide bonds. The summed E-state index contributed by atoms with van der Waals surface area (Å²) < 4.78 is 13.5. The first-order valence-electron chi connectivity index (χ1n) is 10.9. The number of aromatic nitrogens is 2. The minimum Gasteiger partial charge on any atom is -0.370 e. The lowest BCUT2D eigenvalue weighted by Crippen LogP contribution is -2.32. The predicted molar refractivity (Wildman–Crippen MR) is 123 cm³/mol. The van der Waals surface area contributed by atoms with Gasteiger partial charge in [-0.25, -0.2) is 14.4 Å². The van der Waals surface area contributed by atoms with Crippen molar-refractivity contribution in [1.82, 2.24) is 9.97 Å². The first kappa shape index (κ1) is 19.5. The predicted octanol–water partition coefficient (Wildman–Crippen LogP) is 6.07. The van der Waals surface area contributed by atoms with Crippen LogP contribution in [0.2, 0.25) is 0 Å². The molecule has 1 aromatic carbocycles. The van der Waals surface area contributed by atoms with Crippen LogP contribution in [-0.2, 0) is 0 Å². The van der Waals surface area contributed by atoms with Crippen molar-refractivity contribution in [3.8, 4) is 21.7 Å². The fourth-order valence-electron chi connectivity index (χ4n) is 3.88. The van der Waals surface area contributed by atoms with E-state index in [1.54, 1.807) is 11.3 Å². The number of nitrogens with zero attached hydrogens (tertiary/aromatic N) is 3. The fraction of sp³-hybridized carbons (Fsp3) is 0.417. The van der Waals surface area contributed by atoms with Gasteiger partial charge in [0, 0.05) is 31.4 Å². The molecule has 3 aromatic rings. The van der Waals surface area contributed by atoms with Gasteiger partial charge in [-0.1, -0.05) is 18.3 Å². The molecular weight excluding hydrogens is 395 g/mol. The fourth-order valence-corrected chi connectivity index (χ4v) is 5.02. The molecule has 1 aliphatic carbocycles. The third-order valence-electron chi connectivity index (χ3n) is 6.08. The molecular formula is C24H27FN4S. The normalized spacial score (nSPS) is 17.3. The minimum absolute atomic E-state index is 0.226. The van der Waals surface area contributed by atoms with E-state index in [9.17, 15) is 4.39 Å². The summed E-state index contributed by atoms with van der Waals surface area (Å²) >= 11 is 1.73. The Labute approximate surface area is 181 Å². The lowest BCUT2D eigenvalue weighted by atomic mass is 10.00. The van der Waals surface area contributed by atoms with Crippen LogP contribution < -0.4 is 10.2 Å². The Morgan fingerprint density at radius 2 is 1.83 bits per heavy atom. The summed E-state index contributed by atoms with van der Waals surface area (Å²) in [5.74, 6) is 2.25. The van der Waals surface area contributed by atoms with Crippen molar-refractivity contribution >= 4 is 22.3 Å². The number of benzene rings is 1. The zero-order valence-corrected chi connectivity index (χ0v) is 18.1. The molecule has 30 heavy (non-hydrogen) atoms. The Kier molecular flexibility index (Phi) is 5.42. The Bertz CT molecular complexity index is 1000. The summed E-state index contributed by atoms with van der Waals surface area (Å²) in [6.07, 6.45) is 6.89. The van der Waals surface area contributed by atoms with Gasteiger partial charge < -0.3 is 10.2 Å². The van der Waals surface area contributed by atoms with Gasteiger partial charge in [-0.05, 0) is 79.5 Å². The van der Waals surface area contributed by atoms with Crippen LogP contribution in [0.25, 0.3) is 21.7 Å². The second kappa shape index (κ2) is 8.34. The highest BCUT2D eigenvalue weighted by Gasteiger charge is 2.23. The van der Waals surface area contributed by atoms with Crippen LogP contribution in [0.3, 0.4) is 0 Å². The quantitative estimate of drug-likeness (QED) is 0.523. The van der Waals surface area contributed by atoms with Gasteiger partial charge in [-0.3, -0.25) is 0 Å². The van der Waals surface area contributed by atoms with E-state index in [2.05, 4.69) is 28.2 Å². The number of thiazole rings is 1. The monoisotopic (exact) mass is 422 g/mol. The molecule has 0 spiro atoms. The number of rotatable bonds is 6. The molecule has 4 nitrogen and oxygen atoms in total. The third kappa shape index (κ3) is 4.33. The highest BCUT2D eigenvalue weighted by atomic mass is 32.1. The van der Waals surface area contributed by atoms with Crippen LogP contribution >= 0.6 is 11.3 Å². The average Bonchev–Trinajstić information content (AvgIpc) is 3.50. The first-order chi connectivity index (χ1) is 14.7. The van der Waals surface area contributed by atoms with Gasteiger partial charge in [0.25, 0.3) is 0 Å². The maximum atomic E-state index is 13.5. The van der Waals surface area contributed by atoms with Gasteiger partial charge >= 0.3 is 0 Å². The highest BCUT2D eigenvalue weighted by molar-refractivity contribution is 7.19. The van der Waals surface area contributed by atoms with Crippen LogP contribution in [0.1, 0.15) is 32.6 Å². The summed E-state index contributed by atoms with van der Waals surface area (Å²) in [7, 11) is 0. The van der Waals surface area contributed by atoms with E-state index in [-0.39, 0.29) is 5.82 Å². The van der Waals surface area contributed by atoms with Crippen molar-refractivity contribution in [2.45, 2.75) is 32.6 Å². The molecule has 3 heterocycles. The van der Waals surface area contributed by atoms with Gasteiger partial charge in [0.1, 0.15) is 11.6 Å². The average molecular weight is 423 g/mol. The Balaban J connectivity index is 1.50. The van der Waals surface area contributed by atoms with E-state index in [4.69, 9.17) is 4.98 Å². The molecule has 0 bridgehead atoms. The standard InChI is InChI=1S/C24H27FN4S/c1-16-9-12-29(13-10-16)24-28-22(18-4-6-20(25)7-5-18)23(30-24)19-8-11-26-21(14-19)27-15-17-2-3-17/h4-8,11,14,16-17H,2-3,9-10,12-13,15H2,1H3,(H,26,27). The second-order valence-electron chi connectivity index (χ2n) is 8.60. The summed E-state index contributed by atoms with van der Waals surface area (Å²) in [6, 6.07) is 10.8.